The van der Waals surface area contributed by atoms with E-state index < -0.39 is 0 Å². The number of esters is 1. The lowest BCUT2D eigenvalue weighted by atomic mass is 10.1. The Morgan fingerprint density at radius 3 is 2.83 bits per heavy atom. The lowest BCUT2D eigenvalue weighted by Gasteiger charge is -2.14. The van der Waals surface area contributed by atoms with Crippen molar-refractivity contribution in [3.8, 4) is 0 Å². The summed E-state index contributed by atoms with van der Waals surface area (Å²) in [4.78, 5) is 15.7. The Morgan fingerprint density at radius 2 is 2.22 bits per heavy atom. The van der Waals surface area contributed by atoms with E-state index in [1.54, 1.807) is 6.92 Å². The van der Waals surface area contributed by atoms with Crippen molar-refractivity contribution in [2.45, 2.75) is 46.6 Å². The van der Waals surface area contributed by atoms with E-state index in [0.29, 0.717) is 18.6 Å². The molecule has 0 saturated heterocycles. The lowest BCUT2D eigenvalue weighted by Crippen LogP contribution is -2.17. The molecule has 0 saturated carbocycles. The van der Waals surface area contributed by atoms with Gasteiger partial charge in [-0.15, -0.1) is 11.3 Å². The van der Waals surface area contributed by atoms with Gasteiger partial charge in [-0.25, -0.2) is 4.98 Å². The Labute approximate surface area is 113 Å². The van der Waals surface area contributed by atoms with Crippen LogP contribution >= 0.6 is 11.3 Å². The summed E-state index contributed by atoms with van der Waals surface area (Å²) in [6, 6.07) is 0.395. The molecule has 0 aliphatic rings. The fourth-order valence-electron chi connectivity index (χ4n) is 1.79. The normalized spacial score (nSPS) is 12.5. The number of hydrogen-bond donors (Lipinski definition) is 1. The van der Waals surface area contributed by atoms with Crippen molar-refractivity contribution in [3.63, 3.8) is 0 Å². The topological polar surface area (TPSA) is 51.2 Å². The molecule has 0 spiro atoms. The number of nitrogens with one attached hydrogen (secondary N) is 1. The van der Waals surface area contributed by atoms with Crippen molar-refractivity contribution in [2.75, 3.05) is 11.9 Å². The number of thiazole rings is 1. The quantitative estimate of drug-likeness (QED) is 0.774. The predicted octanol–water partition coefficient (Wildman–Crippen LogP) is 3.10. The monoisotopic (exact) mass is 270 g/mol. The molecule has 1 N–H and O–H groups in total. The second kappa shape index (κ2) is 7.36. The fourth-order valence-corrected chi connectivity index (χ4v) is 2.61. The van der Waals surface area contributed by atoms with Crippen molar-refractivity contribution in [1.29, 1.82) is 0 Å². The minimum atomic E-state index is -0.218. The van der Waals surface area contributed by atoms with Gasteiger partial charge in [-0.2, -0.15) is 0 Å². The van der Waals surface area contributed by atoms with E-state index in [9.17, 15) is 4.79 Å². The molecular weight excluding hydrogens is 248 g/mol. The summed E-state index contributed by atoms with van der Waals surface area (Å²) < 4.78 is 4.89. The first kappa shape index (κ1) is 15.0. The molecule has 0 aliphatic carbocycles. The molecule has 5 heteroatoms. The highest BCUT2D eigenvalue weighted by molar-refractivity contribution is 7.13. The van der Waals surface area contributed by atoms with Crippen LogP contribution in [0.15, 0.2) is 5.38 Å². The molecule has 102 valence electrons. The Balaban J connectivity index is 2.45. The molecular formula is C13H22N2O2S. The van der Waals surface area contributed by atoms with E-state index in [0.717, 1.165) is 17.2 Å². The molecule has 1 atom stereocenters. The van der Waals surface area contributed by atoms with Crippen LogP contribution < -0.4 is 5.32 Å². The molecule has 0 aliphatic heterocycles. The Morgan fingerprint density at radius 1 is 1.50 bits per heavy atom. The van der Waals surface area contributed by atoms with Crippen molar-refractivity contribution >= 4 is 22.4 Å². The third-order valence-corrected chi connectivity index (χ3v) is 3.20. The van der Waals surface area contributed by atoms with Crippen molar-refractivity contribution in [2.24, 2.45) is 5.92 Å². The minimum Gasteiger partial charge on any atom is -0.466 e. The summed E-state index contributed by atoms with van der Waals surface area (Å²) in [6.45, 7) is 8.77. The average molecular weight is 270 g/mol. The van der Waals surface area contributed by atoms with E-state index in [1.165, 1.54) is 11.3 Å². The van der Waals surface area contributed by atoms with Gasteiger partial charge in [0.2, 0.25) is 0 Å². The van der Waals surface area contributed by atoms with Gasteiger partial charge in [0.05, 0.1) is 18.7 Å². The van der Waals surface area contributed by atoms with E-state index in [-0.39, 0.29) is 12.4 Å². The van der Waals surface area contributed by atoms with E-state index in [2.05, 4.69) is 31.1 Å². The Bertz CT molecular complexity index is 377. The second-order valence-electron chi connectivity index (χ2n) is 4.80. The standard InChI is InChI=1S/C13H22N2O2S/c1-5-17-12(16)7-11-8-18-13(15-11)14-10(4)6-9(2)3/h8-10H,5-7H2,1-4H3,(H,14,15). The molecule has 1 rings (SSSR count). The highest BCUT2D eigenvalue weighted by atomic mass is 32.1. The zero-order chi connectivity index (χ0) is 13.5. The highest BCUT2D eigenvalue weighted by Gasteiger charge is 2.10. The minimum absolute atomic E-state index is 0.218. The molecule has 4 nitrogen and oxygen atoms in total. The number of hydrogen-bond acceptors (Lipinski definition) is 5. The third kappa shape index (κ3) is 5.49. The maximum Gasteiger partial charge on any atom is 0.311 e. The number of ether oxygens (including phenoxy) is 1. The summed E-state index contributed by atoms with van der Waals surface area (Å²) in [5.41, 5.74) is 0.776. The molecule has 0 aromatic carbocycles. The van der Waals surface area contributed by atoms with Crippen LogP contribution in [-0.2, 0) is 16.0 Å². The molecule has 18 heavy (non-hydrogen) atoms. The van der Waals surface area contributed by atoms with E-state index in [4.69, 9.17) is 4.74 Å². The summed E-state index contributed by atoms with van der Waals surface area (Å²) in [5, 5.41) is 6.14. The first-order chi connectivity index (χ1) is 8.51. The van der Waals surface area contributed by atoms with Crippen LogP contribution in [0.3, 0.4) is 0 Å². The molecule has 1 unspecified atom stereocenters. The van der Waals surface area contributed by atoms with Crippen LogP contribution in [0.1, 0.15) is 39.8 Å². The number of nitrogens with zero attached hydrogens (tertiary/aromatic N) is 1. The van der Waals surface area contributed by atoms with Crippen LogP contribution in [0.4, 0.5) is 5.13 Å². The summed E-state index contributed by atoms with van der Waals surface area (Å²) >= 11 is 1.54. The average Bonchev–Trinajstić information content (AvgIpc) is 2.64. The number of anilines is 1. The SMILES string of the molecule is CCOC(=O)Cc1csc(NC(C)CC(C)C)n1. The van der Waals surface area contributed by atoms with Crippen LogP contribution in [0.25, 0.3) is 0 Å². The van der Waals surface area contributed by atoms with Gasteiger partial charge in [-0.1, -0.05) is 13.8 Å². The van der Waals surface area contributed by atoms with Gasteiger partial charge in [-0.3, -0.25) is 4.79 Å². The van der Waals surface area contributed by atoms with Gasteiger partial charge in [0.15, 0.2) is 5.13 Å². The van der Waals surface area contributed by atoms with Crippen molar-refractivity contribution in [1.82, 2.24) is 4.98 Å². The fraction of sp³-hybridized carbons (Fsp3) is 0.692. The first-order valence-electron chi connectivity index (χ1n) is 6.37. The molecule has 0 amide bonds. The van der Waals surface area contributed by atoms with Crippen LogP contribution in [-0.4, -0.2) is 23.6 Å². The summed E-state index contributed by atoms with van der Waals surface area (Å²) in [5.74, 6) is 0.441. The van der Waals surface area contributed by atoms with Gasteiger partial charge in [-0.05, 0) is 26.2 Å². The molecule has 1 aromatic rings. The molecule has 0 bridgehead atoms. The Hall–Kier alpha value is -1.10. The number of rotatable bonds is 7. The number of aromatic nitrogens is 1. The largest absolute Gasteiger partial charge is 0.466 e. The van der Waals surface area contributed by atoms with Gasteiger partial charge in [0, 0.05) is 11.4 Å². The molecule has 0 radical (unpaired) electrons. The smallest absolute Gasteiger partial charge is 0.311 e. The van der Waals surface area contributed by atoms with E-state index >= 15 is 0 Å². The lowest BCUT2D eigenvalue weighted by molar-refractivity contribution is -0.142. The van der Waals surface area contributed by atoms with Gasteiger partial charge in [0.25, 0.3) is 0 Å². The number of carbonyl (C=O) groups excluding carboxylic acids is 1. The zero-order valence-electron chi connectivity index (χ0n) is 11.5. The van der Waals surface area contributed by atoms with Crippen LogP contribution in [0.2, 0.25) is 0 Å². The zero-order valence-corrected chi connectivity index (χ0v) is 12.3. The van der Waals surface area contributed by atoms with Crippen molar-refractivity contribution in [3.05, 3.63) is 11.1 Å². The van der Waals surface area contributed by atoms with Gasteiger partial charge in [0.1, 0.15) is 0 Å². The first-order valence-corrected chi connectivity index (χ1v) is 7.25. The number of carbonyl (C=O) groups is 1. The van der Waals surface area contributed by atoms with Crippen molar-refractivity contribution < 1.29 is 9.53 Å². The maximum atomic E-state index is 11.3. The molecule has 0 fully saturated rings. The van der Waals surface area contributed by atoms with Gasteiger partial charge < -0.3 is 10.1 Å². The Kier molecular flexibility index (Phi) is 6.12. The molecule has 1 heterocycles. The molecule has 1 aromatic heterocycles. The van der Waals surface area contributed by atoms with Gasteiger partial charge >= 0.3 is 5.97 Å². The van der Waals surface area contributed by atoms with E-state index in [1.807, 2.05) is 5.38 Å². The maximum absolute atomic E-state index is 11.3. The van der Waals surface area contributed by atoms with Crippen LogP contribution in [0, 0.1) is 5.92 Å². The summed E-state index contributed by atoms with van der Waals surface area (Å²) in [6.07, 6.45) is 1.36. The third-order valence-electron chi connectivity index (χ3n) is 2.38. The second-order valence-corrected chi connectivity index (χ2v) is 5.66. The predicted molar refractivity (Wildman–Crippen MR) is 75.0 cm³/mol. The highest BCUT2D eigenvalue weighted by Crippen LogP contribution is 2.18. The van der Waals surface area contributed by atoms with Crippen LogP contribution in [0.5, 0.6) is 0 Å². The summed E-state index contributed by atoms with van der Waals surface area (Å²) in [7, 11) is 0.